The predicted molar refractivity (Wildman–Crippen MR) is 168 cm³/mol. The van der Waals surface area contributed by atoms with E-state index in [9.17, 15) is 18.3 Å². The van der Waals surface area contributed by atoms with Gasteiger partial charge in [-0.1, -0.05) is 30.3 Å². The van der Waals surface area contributed by atoms with Crippen LogP contribution in [0.3, 0.4) is 0 Å². The smallest absolute Gasteiger partial charge is 0.263 e. The average Bonchev–Trinajstić information content (AvgIpc) is 3.01. The van der Waals surface area contributed by atoms with Crippen LogP contribution in [-0.4, -0.2) is 50.2 Å². The zero-order valence-electron chi connectivity index (χ0n) is 23.9. The molecule has 0 bridgehead atoms. The van der Waals surface area contributed by atoms with Crippen molar-refractivity contribution in [1.29, 1.82) is 0 Å². The molecule has 12 nitrogen and oxygen atoms in total. The molecule has 0 fully saturated rings. The largest absolute Gasteiger partial charge is 0.508 e. The monoisotopic (exact) mass is 614 g/mol. The van der Waals surface area contributed by atoms with Crippen molar-refractivity contribution in [2.75, 3.05) is 36.1 Å². The Morgan fingerprint density at radius 1 is 0.795 bits per heavy atom. The molecule has 0 radical (unpaired) electrons. The predicted octanol–water partition coefficient (Wildman–Crippen LogP) is 4.63. The van der Waals surface area contributed by atoms with Gasteiger partial charge in [0.05, 0.1) is 36.7 Å². The van der Waals surface area contributed by atoms with Gasteiger partial charge in [-0.15, -0.1) is 0 Å². The number of aromatic hydroxyl groups is 1. The highest BCUT2D eigenvalue weighted by molar-refractivity contribution is 7.92. The average molecular weight is 615 g/mol. The van der Waals surface area contributed by atoms with Gasteiger partial charge < -0.3 is 30.5 Å². The first-order valence-corrected chi connectivity index (χ1v) is 14.9. The number of nitrogens with zero attached hydrogens (tertiary/aromatic N) is 2. The molecule has 5 N–H and O–H groups in total. The van der Waals surface area contributed by atoms with Crippen LogP contribution in [0.15, 0.2) is 95.9 Å². The quantitative estimate of drug-likeness (QED) is 0.134. The normalized spacial score (nSPS) is 11.1. The summed E-state index contributed by atoms with van der Waals surface area (Å²) in [6, 6.07) is 24.8. The van der Waals surface area contributed by atoms with Crippen LogP contribution in [0.2, 0.25) is 0 Å². The molecule has 1 amide bonds. The van der Waals surface area contributed by atoms with Crippen LogP contribution in [0.4, 0.5) is 23.0 Å². The number of phenolic OH excluding ortho intramolecular Hbond substituents is 1. The molecule has 0 aliphatic rings. The van der Waals surface area contributed by atoms with Gasteiger partial charge in [-0.05, 0) is 48.0 Å². The van der Waals surface area contributed by atoms with Crippen molar-refractivity contribution in [3.05, 3.63) is 96.6 Å². The van der Waals surface area contributed by atoms with Crippen molar-refractivity contribution in [3.63, 3.8) is 0 Å². The zero-order valence-corrected chi connectivity index (χ0v) is 24.7. The molecule has 5 rings (SSSR count). The van der Waals surface area contributed by atoms with E-state index in [1.807, 2.05) is 6.07 Å². The third kappa shape index (κ3) is 7.51. The summed E-state index contributed by atoms with van der Waals surface area (Å²) < 4.78 is 40.3. The van der Waals surface area contributed by atoms with Crippen molar-refractivity contribution in [3.8, 4) is 17.2 Å². The Hall–Kier alpha value is -5.40. The summed E-state index contributed by atoms with van der Waals surface area (Å²) in [7, 11) is -1.12. The molecule has 0 aliphatic heterocycles. The fourth-order valence-electron chi connectivity index (χ4n) is 4.29. The first-order valence-electron chi connectivity index (χ1n) is 13.4. The topological polar surface area (TPSA) is 164 Å². The van der Waals surface area contributed by atoms with Crippen LogP contribution < -0.4 is 30.1 Å². The van der Waals surface area contributed by atoms with Crippen LogP contribution in [0.25, 0.3) is 11.0 Å². The number of amides is 1. The van der Waals surface area contributed by atoms with Gasteiger partial charge in [-0.3, -0.25) is 9.52 Å². The molecule has 0 aliphatic carbocycles. The summed E-state index contributed by atoms with van der Waals surface area (Å²) in [6.45, 7) is 0.341. The second-order valence-corrected chi connectivity index (χ2v) is 11.3. The van der Waals surface area contributed by atoms with Crippen molar-refractivity contribution in [2.24, 2.45) is 0 Å². The van der Waals surface area contributed by atoms with Gasteiger partial charge in [0.2, 0.25) is 5.91 Å². The summed E-state index contributed by atoms with van der Waals surface area (Å²) in [5.41, 5.74) is 2.68. The van der Waals surface area contributed by atoms with Gasteiger partial charge >= 0.3 is 0 Å². The first-order chi connectivity index (χ1) is 21.2. The van der Waals surface area contributed by atoms with E-state index in [4.69, 9.17) is 9.47 Å². The molecular formula is C31H30N6O6S. The highest BCUT2D eigenvalue weighted by atomic mass is 32.2. The van der Waals surface area contributed by atoms with E-state index in [1.165, 1.54) is 32.4 Å². The fourth-order valence-corrected chi connectivity index (χ4v) is 5.35. The molecule has 0 saturated heterocycles. The van der Waals surface area contributed by atoms with Gasteiger partial charge in [0.25, 0.3) is 10.0 Å². The van der Waals surface area contributed by atoms with Gasteiger partial charge in [0.15, 0.2) is 11.6 Å². The fraction of sp³-hybridized carbons (Fsp3) is 0.129. The van der Waals surface area contributed by atoms with Gasteiger partial charge in [-0.25, -0.2) is 18.4 Å². The van der Waals surface area contributed by atoms with Crippen LogP contribution in [0, 0.1) is 0 Å². The number of methoxy groups -OCH3 is 2. The van der Waals surface area contributed by atoms with Gasteiger partial charge in [-0.2, -0.15) is 0 Å². The number of phenols is 1. The van der Waals surface area contributed by atoms with Crippen molar-refractivity contribution in [2.45, 2.75) is 11.4 Å². The molecule has 0 saturated carbocycles. The molecule has 0 atom stereocenters. The summed E-state index contributed by atoms with van der Waals surface area (Å²) >= 11 is 0. The number of aromatic nitrogens is 2. The third-order valence-corrected chi connectivity index (χ3v) is 7.71. The molecule has 5 aromatic rings. The van der Waals surface area contributed by atoms with Crippen molar-refractivity contribution >= 4 is 50.0 Å². The lowest BCUT2D eigenvalue weighted by atomic mass is 10.2. The van der Waals surface area contributed by atoms with E-state index >= 15 is 0 Å². The van der Waals surface area contributed by atoms with Gasteiger partial charge in [0, 0.05) is 36.1 Å². The number of benzene rings is 4. The van der Waals surface area contributed by atoms with Crippen LogP contribution in [0.1, 0.15) is 5.56 Å². The number of anilines is 4. The van der Waals surface area contributed by atoms with Crippen LogP contribution in [-0.2, 0) is 21.4 Å². The maximum Gasteiger partial charge on any atom is 0.263 e. The second-order valence-electron chi connectivity index (χ2n) is 9.59. The number of hydrogen-bond acceptors (Lipinski definition) is 10. The Labute approximate surface area is 254 Å². The molecular weight excluding hydrogens is 584 g/mol. The number of rotatable bonds is 12. The van der Waals surface area contributed by atoms with E-state index in [0.717, 1.165) is 5.56 Å². The number of fused-ring (bicyclic) bond motifs is 1. The van der Waals surface area contributed by atoms with Crippen LogP contribution in [0.5, 0.6) is 17.2 Å². The van der Waals surface area contributed by atoms with E-state index in [1.54, 1.807) is 66.7 Å². The number of para-hydroxylation sites is 2. The molecule has 0 spiro atoms. The van der Waals surface area contributed by atoms with Gasteiger partial charge in [0.1, 0.15) is 17.2 Å². The summed E-state index contributed by atoms with van der Waals surface area (Å²) in [6.07, 6.45) is 0. The molecule has 0 unspecified atom stereocenters. The molecule has 44 heavy (non-hydrogen) atoms. The lowest BCUT2D eigenvalue weighted by Gasteiger charge is -2.15. The first kappa shape index (κ1) is 30.1. The molecule has 4 aromatic carbocycles. The van der Waals surface area contributed by atoms with E-state index in [-0.39, 0.29) is 34.7 Å². The lowest BCUT2D eigenvalue weighted by Crippen LogP contribution is -2.27. The van der Waals surface area contributed by atoms with E-state index in [2.05, 4.69) is 30.6 Å². The van der Waals surface area contributed by atoms with Crippen molar-refractivity contribution < 1.29 is 27.8 Å². The zero-order chi connectivity index (χ0) is 31.1. The minimum Gasteiger partial charge on any atom is -0.508 e. The summed E-state index contributed by atoms with van der Waals surface area (Å²) in [5, 5.41) is 18.4. The number of sulfonamides is 1. The summed E-state index contributed by atoms with van der Waals surface area (Å²) in [4.78, 5) is 21.6. The Morgan fingerprint density at radius 3 is 2.16 bits per heavy atom. The van der Waals surface area contributed by atoms with Crippen LogP contribution >= 0.6 is 0 Å². The Kier molecular flexibility index (Phi) is 9.07. The SMILES string of the molecule is COc1cc(Nc2nc3ccccc3nc2NS(=O)(=O)c2cccc(NC(=O)CNCc3cccc(O)c3)c2)cc(OC)c1. The minimum atomic E-state index is -4.17. The third-order valence-electron chi connectivity index (χ3n) is 6.37. The molecule has 13 heteroatoms. The highest BCUT2D eigenvalue weighted by Crippen LogP contribution is 2.31. The molecule has 1 heterocycles. The summed E-state index contributed by atoms with van der Waals surface area (Å²) in [5.74, 6) is 0.944. The number of ether oxygens (including phenoxy) is 2. The number of carbonyl (C=O) groups is 1. The molecule has 226 valence electrons. The number of carbonyl (C=O) groups excluding carboxylic acids is 1. The van der Waals surface area contributed by atoms with E-state index in [0.29, 0.717) is 40.5 Å². The highest BCUT2D eigenvalue weighted by Gasteiger charge is 2.20. The Morgan fingerprint density at radius 2 is 1.48 bits per heavy atom. The maximum absolute atomic E-state index is 13.5. The molecule has 1 aromatic heterocycles. The number of nitrogens with one attached hydrogen (secondary N) is 4. The number of hydrogen-bond donors (Lipinski definition) is 5. The Balaban J connectivity index is 1.35. The lowest BCUT2D eigenvalue weighted by molar-refractivity contribution is -0.115. The second kappa shape index (κ2) is 13.3. The minimum absolute atomic E-state index is 0.0261. The standard InChI is InChI=1S/C31H30N6O6S/c1-42-24-14-22(15-25(17-24)43-2)34-30-31(36-28-12-4-3-11-27(28)35-30)37-44(40,41)26-10-6-8-21(16-26)33-29(39)19-32-18-20-7-5-9-23(38)13-20/h3-17,32,38H,18-19H2,1-2H3,(H,33,39)(H,34,35)(H,36,37). The van der Waals surface area contributed by atoms with E-state index < -0.39 is 10.0 Å². The Bertz CT molecular complexity index is 1900. The maximum atomic E-state index is 13.5. The van der Waals surface area contributed by atoms with Crippen molar-refractivity contribution in [1.82, 2.24) is 15.3 Å².